The first-order chi connectivity index (χ1) is 12.2. The van der Waals surface area contributed by atoms with Crippen LogP contribution in [-0.2, 0) is 14.2 Å². The van der Waals surface area contributed by atoms with E-state index in [0.717, 1.165) is 84.2 Å². The molecule has 2 aliphatic heterocycles. The van der Waals surface area contributed by atoms with Crippen molar-refractivity contribution >= 4 is 29.9 Å². The molecule has 0 saturated carbocycles. The molecule has 0 aromatic heterocycles. The van der Waals surface area contributed by atoms with Gasteiger partial charge in [0.2, 0.25) is 0 Å². The van der Waals surface area contributed by atoms with E-state index >= 15 is 0 Å². The number of likely N-dealkylation sites (N-methyl/N-ethyl adjacent to an activating group) is 1. The van der Waals surface area contributed by atoms with Crippen LogP contribution in [0.1, 0.15) is 32.1 Å². The van der Waals surface area contributed by atoms with Gasteiger partial charge in [-0.15, -0.1) is 24.0 Å². The van der Waals surface area contributed by atoms with E-state index < -0.39 is 0 Å². The second-order valence-corrected chi connectivity index (χ2v) is 7.15. The Balaban J connectivity index is 0.00000338. The zero-order valence-corrected chi connectivity index (χ0v) is 18.9. The molecule has 0 aromatic carbocycles. The van der Waals surface area contributed by atoms with E-state index in [2.05, 4.69) is 34.6 Å². The average molecular weight is 484 g/mol. The standard InChI is InChI=1S/C18H36N4O3.HI/c1-19-17(20-9-5-10-24-14-16-6-4-11-25-16)21-15-18(22(2)3)7-12-23-13-8-18;/h16H,4-15H2,1-3H3,(H2,19,20,21);1H. The van der Waals surface area contributed by atoms with Crippen molar-refractivity contribution in [1.82, 2.24) is 15.5 Å². The SMILES string of the molecule is CN=C(NCCCOCC1CCCO1)NCC1(N(C)C)CCOCC1.I. The molecule has 0 amide bonds. The maximum absolute atomic E-state index is 5.69. The number of rotatable bonds is 9. The van der Waals surface area contributed by atoms with Crippen molar-refractivity contribution in [3.63, 3.8) is 0 Å². The molecular formula is C18H37IN4O3. The topological polar surface area (TPSA) is 67.4 Å². The molecule has 0 aliphatic carbocycles. The van der Waals surface area contributed by atoms with Crippen molar-refractivity contribution in [2.45, 2.75) is 43.7 Å². The van der Waals surface area contributed by atoms with Gasteiger partial charge in [-0.25, -0.2) is 0 Å². The lowest BCUT2D eigenvalue weighted by molar-refractivity contribution is -0.00502. The van der Waals surface area contributed by atoms with Gasteiger partial charge in [-0.05, 0) is 46.2 Å². The summed E-state index contributed by atoms with van der Waals surface area (Å²) in [5, 5.41) is 6.85. The summed E-state index contributed by atoms with van der Waals surface area (Å²) >= 11 is 0. The normalized spacial score (nSPS) is 22.9. The lowest BCUT2D eigenvalue weighted by Crippen LogP contribution is -2.57. The summed E-state index contributed by atoms with van der Waals surface area (Å²) in [6.45, 7) is 5.74. The lowest BCUT2D eigenvalue weighted by atomic mass is 9.88. The Morgan fingerprint density at radius 1 is 1.23 bits per heavy atom. The van der Waals surface area contributed by atoms with Crippen molar-refractivity contribution in [3.05, 3.63) is 0 Å². The van der Waals surface area contributed by atoms with Gasteiger partial charge in [0.1, 0.15) is 0 Å². The Labute approximate surface area is 175 Å². The molecule has 26 heavy (non-hydrogen) atoms. The molecule has 0 radical (unpaired) electrons. The van der Waals surface area contributed by atoms with E-state index in [-0.39, 0.29) is 29.5 Å². The predicted molar refractivity (Wildman–Crippen MR) is 116 cm³/mol. The molecule has 2 rings (SSSR count). The highest BCUT2D eigenvalue weighted by Crippen LogP contribution is 2.24. The van der Waals surface area contributed by atoms with Gasteiger partial charge >= 0.3 is 0 Å². The average Bonchev–Trinajstić information content (AvgIpc) is 3.14. The molecule has 0 aromatic rings. The summed E-state index contributed by atoms with van der Waals surface area (Å²) in [6.07, 6.45) is 5.65. The number of ether oxygens (including phenoxy) is 3. The third kappa shape index (κ3) is 7.84. The number of hydrogen-bond acceptors (Lipinski definition) is 5. The molecule has 7 nitrogen and oxygen atoms in total. The van der Waals surface area contributed by atoms with Gasteiger partial charge in [-0.2, -0.15) is 0 Å². The first kappa shape index (κ1) is 23.9. The summed E-state index contributed by atoms with van der Waals surface area (Å²) in [6, 6.07) is 0. The van der Waals surface area contributed by atoms with E-state index in [9.17, 15) is 0 Å². The van der Waals surface area contributed by atoms with Gasteiger partial charge in [0.05, 0.1) is 12.7 Å². The number of halogens is 1. The third-order valence-corrected chi connectivity index (χ3v) is 5.27. The number of hydrogen-bond donors (Lipinski definition) is 2. The summed E-state index contributed by atoms with van der Waals surface area (Å²) < 4.78 is 16.8. The molecule has 154 valence electrons. The quantitative estimate of drug-likeness (QED) is 0.224. The van der Waals surface area contributed by atoms with E-state index in [1.165, 1.54) is 0 Å². The minimum Gasteiger partial charge on any atom is -0.381 e. The van der Waals surface area contributed by atoms with Crippen LogP contribution in [0, 0.1) is 0 Å². The molecule has 1 atom stereocenters. The van der Waals surface area contributed by atoms with E-state index in [0.29, 0.717) is 6.10 Å². The van der Waals surface area contributed by atoms with Crippen LogP contribution in [0.3, 0.4) is 0 Å². The Morgan fingerprint density at radius 2 is 2.00 bits per heavy atom. The number of nitrogens with zero attached hydrogens (tertiary/aromatic N) is 2. The fraction of sp³-hybridized carbons (Fsp3) is 0.944. The molecule has 2 heterocycles. The zero-order valence-electron chi connectivity index (χ0n) is 16.6. The van der Waals surface area contributed by atoms with Crippen LogP contribution >= 0.6 is 24.0 Å². The third-order valence-electron chi connectivity index (χ3n) is 5.27. The predicted octanol–water partition coefficient (Wildman–Crippen LogP) is 1.47. The van der Waals surface area contributed by atoms with Crippen LogP contribution in [0.5, 0.6) is 0 Å². The molecule has 1 unspecified atom stereocenters. The van der Waals surface area contributed by atoms with E-state index in [1.54, 1.807) is 0 Å². The van der Waals surface area contributed by atoms with Gasteiger partial charge in [0.25, 0.3) is 0 Å². The Bertz CT molecular complexity index is 398. The molecule has 2 fully saturated rings. The van der Waals surface area contributed by atoms with Crippen LogP contribution in [0.4, 0.5) is 0 Å². The molecule has 2 N–H and O–H groups in total. The summed E-state index contributed by atoms with van der Waals surface area (Å²) in [5.74, 6) is 0.854. The zero-order chi connectivity index (χ0) is 18.0. The molecule has 2 aliphatic rings. The first-order valence-electron chi connectivity index (χ1n) is 9.55. The molecule has 0 bridgehead atoms. The van der Waals surface area contributed by atoms with Crippen molar-refractivity contribution in [2.24, 2.45) is 4.99 Å². The summed E-state index contributed by atoms with van der Waals surface area (Å²) in [5.41, 5.74) is 0.139. The monoisotopic (exact) mass is 484 g/mol. The van der Waals surface area contributed by atoms with Crippen molar-refractivity contribution in [3.8, 4) is 0 Å². The first-order valence-corrected chi connectivity index (χ1v) is 9.55. The van der Waals surface area contributed by atoms with Crippen LogP contribution in [0.15, 0.2) is 4.99 Å². The Hall–Kier alpha value is -0.160. The molecule has 0 spiro atoms. The maximum atomic E-state index is 5.69. The van der Waals surface area contributed by atoms with Crippen LogP contribution in [0.25, 0.3) is 0 Å². The number of guanidine groups is 1. The maximum Gasteiger partial charge on any atom is 0.191 e. The second-order valence-electron chi connectivity index (χ2n) is 7.15. The van der Waals surface area contributed by atoms with Crippen LogP contribution in [0.2, 0.25) is 0 Å². The van der Waals surface area contributed by atoms with Gasteiger partial charge in [0, 0.05) is 52.1 Å². The smallest absolute Gasteiger partial charge is 0.191 e. The Kier molecular flexibility index (Phi) is 12.0. The largest absolute Gasteiger partial charge is 0.381 e. The fourth-order valence-corrected chi connectivity index (χ4v) is 3.37. The van der Waals surface area contributed by atoms with Gasteiger partial charge in [-0.3, -0.25) is 4.99 Å². The van der Waals surface area contributed by atoms with Crippen LogP contribution in [-0.4, -0.2) is 89.8 Å². The van der Waals surface area contributed by atoms with Crippen molar-refractivity contribution < 1.29 is 14.2 Å². The minimum absolute atomic E-state index is 0. The van der Waals surface area contributed by atoms with E-state index in [4.69, 9.17) is 14.2 Å². The van der Waals surface area contributed by atoms with Crippen molar-refractivity contribution in [1.29, 1.82) is 0 Å². The van der Waals surface area contributed by atoms with Crippen molar-refractivity contribution in [2.75, 3.05) is 67.3 Å². The second kappa shape index (κ2) is 13.1. The minimum atomic E-state index is 0. The number of nitrogens with one attached hydrogen (secondary N) is 2. The molecular weight excluding hydrogens is 447 g/mol. The number of aliphatic imine (C=N–C) groups is 1. The highest BCUT2D eigenvalue weighted by atomic mass is 127. The molecule has 2 saturated heterocycles. The summed E-state index contributed by atoms with van der Waals surface area (Å²) in [4.78, 5) is 6.64. The van der Waals surface area contributed by atoms with Gasteiger partial charge in [-0.1, -0.05) is 0 Å². The highest BCUT2D eigenvalue weighted by molar-refractivity contribution is 14.0. The fourth-order valence-electron chi connectivity index (χ4n) is 3.37. The van der Waals surface area contributed by atoms with E-state index in [1.807, 2.05) is 7.05 Å². The molecule has 8 heteroatoms. The highest BCUT2D eigenvalue weighted by Gasteiger charge is 2.34. The lowest BCUT2D eigenvalue weighted by Gasteiger charge is -2.43. The van der Waals surface area contributed by atoms with Gasteiger partial charge < -0.3 is 29.7 Å². The summed E-state index contributed by atoms with van der Waals surface area (Å²) in [7, 11) is 6.11. The van der Waals surface area contributed by atoms with Crippen LogP contribution < -0.4 is 10.6 Å². The Morgan fingerprint density at radius 3 is 2.62 bits per heavy atom. The van der Waals surface area contributed by atoms with Gasteiger partial charge in [0.15, 0.2) is 5.96 Å².